The summed E-state index contributed by atoms with van der Waals surface area (Å²) in [5.41, 5.74) is 0.932. The van der Waals surface area contributed by atoms with Crippen molar-refractivity contribution >= 4 is 43.4 Å². The molecule has 0 atom stereocenters. The summed E-state index contributed by atoms with van der Waals surface area (Å²) < 4.78 is 53.3. The van der Waals surface area contributed by atoms with E-state index in [1.165, 1.54) is 29.7 Å². The van der Waals surface area contributed by atoms with Crippen molar-refractivity contribution in [3.63, 3.8) is 0 Å². The van der Waals surface area contributed by atoms with Gasteiger partial charge in [0, 0.05) is 25.0 Å². The van der Waals surface area contributed by atoms with Crippen molar-refractivity contribution in [1.29, 1.82) is 0 Å². The summed E-state index contributed by atoms with van der Waals surface area (Å²) in [6, 6.07) is 7.74. The summed E-state index contributed by atoms with van der Waals surface area (Å²) in [5.74, 6) is -0.300. The van der Waals surface area contributed by atoms with Gasteiger partial charge in [-0.15, -0.1) is 0 Å². The van der Waals surface area contributed by atoms with Gasteiger partial charge in [-0.25, -0.2) is 26.5 Å². The molecule has 2 N–H and O–H groups in total. The highest BCUT2D eigenvalue weighted by Crippen LogP contribution is 2.23. The first kappa shape index (κ1) is 24.6. The molecule has 2 heterocycles. The number of piperidine rings is 1. The predicted octanol–water partition coefficient (Wildman–Crippen LogP) is 2.20. The summed E-state index contributed by atoms with van der Waals surface area (Å²) in [6.07, 6.45) is 4.08. The van der Waals surface area contributed by atoms with Crippen LogP contribution in [-0.2, 0) is 24.8 Å². The molecule has 0 bridgehead atoms. The molecular weight excluding hydrogens is 472 g/mol. The lowest BCUT2D eigenvalue weighted by Crippen LogP contribution is -2.35. The molecule has 12 heteroatoms. The molecule has 0 spiro atoms. The Bertz CT molecular complexity index is 1180. The van der Waals surface area contributed by atoms with Crippen molar-refractivity contribution in [2.75, 3.05) is 31.2 Å². The fourth-order valence-electron chi connectivity index (χ4n) is 3.27. The minimum atomic E-state index is -3.64. The quantitative estimate of drug-likeness (QED) is 0.535. The van der Waals surface area contributed by atoms with Crippen LogP contribution in [0.25, 0.3) is 0 Å². The third kappa shape index (κ3) is 5.87. The molecule has 174 valence electrons. The average molecular weight is 499 g/mol. The predicted molar refractivity (Wildman–Crippen MR) is 124 cm³/mol. The number of hydrogen-bond acceptors (Lipinski definition) is 7. The van der Waals surface area contributed by atoms with Crippen LogP contribution in [0.4, 0.5) is 5.69 Å². The van der Waals surface area contributed by atoms with Gasteiger partial charge in [-0.2, -0.15) is 4.31 Å². The van der Waals surface area contributed by atoms with Crippen LogP contribution in [0, 0.1) is 6.92 Å². The molecule has 1 aliphatic rings. The highest BCUT2D eigenvalue weighted by Gasteiger charge is 2.26. The molecule has 1 aliphatic heterocycles. The van der Waals surface area contributed by atoms with Gasteiger partial charge in [-0.3, -0.25) is 4.79 Å². The largest absolute Gasteiger partial charge is 0.325 e. The number of anilines is 1. The number of nitrogens with one attached hydrogen (secondary N) is 2. The van der Waals surface area contributed by atoms with E-state index in [1.807, 2.05) is 0 Å². The van der Waals surface area contributed by atoms with Gasteiger partial charge >= 0.3 is 0 Å². The number of benzene rings is 1. The molecule has 1 aromatic heterocycles. The lowest BCUT2D eigenvalue weighted by molar-refractivity contribution is -0.113. The van der Waals surface area contributed by atoms with E-state index in [4.69, 9.17) is 0 Å². The molecule has 1 fully saturated rings. The summed E-state index contributed by atoms with van der Waals surface area (Å²) >= 11 is 1.16. The van der Waals surface area contributed by atoms with E-state index >= 15 is 0 Å². The highest BCUT2D eigenvalue weighted by atomic mass is 32.2. The molecule has 0 aliphatic carbocycles. The van der Waals surface area contributed by atoms with Gasteiger partial charge in [0.05, 0.1) is 15.7 Å². The Morgan fingerprint density at radius 3 is 2.44 bits per heavy atom. The SMILES string of the molecule is CNS(=O)(=O)c1cc(NC(=O)CSc2ccc(S(=O)(=O)N3CCCCC3)cn2)ccc1C. The van der Waals surface area contributed by atoms with Gasteiger partial charge in [-0.1, -0.05) is 24.2 Å². The molecule has 0 radical (unpaired) electrons. The Morgan fingerprint density at radius 2 is 1.81 bits per heavy atom. The fourth-order valence-corrected chi connectivity index (χ4v) is 6.37. The maximum absolute atomic E-state index is 12.7. The third-order valence-electron chi connectivity index (χ3n) is 5.04. The van der Waals surface area contributed by atoms with E-state index in [2.05, 4.69) is 15.0 Å². The number of aromatic nitrogens is 1. The highest BCUT2D eigenvalue weighted by molar-refractivity contribution is 7.99. The van der Waals surface area contributed by atoms with Crippen LogP contribution >= 0.6 is 11.8 Å². The first-order valence-corrected chi connectivity index (χ1v) is 14.0. The number of aryl methyl sites for hydroxylation is 1. The second-order valence-electron chi connectivity index (χ2n) is 7.32. The zero-order chi connectivity index (χ0) is 23.4. The first-order chi connectivity index (χ1) is 15.1. The number of pyridine rings is 1. The van der Waals surface area contributed by atoms with Crippen LogP contribution in [0.15, 0.2) is 51.3 Å². The Labute approximate surface area is 193 Å². The van der Waals surface area contributed by atoms with Crippen LogP contribution in [0.3, 0.4) is 0 Å². The molecule has 0 unspecified atom stereocenters. The zero-order valence-electron chi connectivity index (χ0n) is 17.9. The Kier molecular flexibility index (Phi) is 7.93. The van der Waals surface area contributed by atoms with E-state index in [0.29, 0.717) is 29.4 Å². The smallest absolute Gasteiger partial charge is 0.244 e. The molecule has 1 amide bonds. The molecule has 3 rings (SSSR count). The van der Waals surface area contributed by atoms with Gasteiger partial charge in [0.1, 0.15) is 4.90 Å². The van der Waals surface area contributed by atoms with E-state index in [1.54, 1.807) is 25.1 Å². The number of amides is 1. The maximum Gasteiger partial charge on any atom is 0.244 e. The lowest BCUT2D eigenvalue weighted by Gasteiger charge is -2.25. The monoisotopic (exact) mass is 498 g/mol. The second-order valence-corrected chi connectivity index (χ2v) is 12.1. The van der Waals surface area contributed by atoms with Crippen molar-refractivity contribution in [2.45, 2.75) is 41.0 Å². The second kappa shape index (κ2) is 10.3. The van der Waals surface area contributed by atoms with Crippen LogP contribution in [-0.4, -0.2) is 57.9 Å². The van der Waals surface area contributed by atoms with Crippen LogP contribution in [0.5, 0.6) is 0 Å². The third-order valence-corrected chi connectivity index (χ3v) is 9.43. The molecule has 0 saturated carbocycles. The summed E-state index contributed by atoms with van der Waals surface area (Å²) in [4.78, 5) is 16.7. The molecule has 2 aromatic rings. The Morgan fingerprint density at radius 1 is 1.09 bits per heavy atom. The number of hydrogen-bond donors (Lipinski definition) is 2. The number of nitrogens with zero attached hydrogens (tertiary/aromatic N) is 2. The van der Waals surface area contributed by atoms with Crippen molar-refractivity contribution in [1.82, 2.24) is 14.0 Å². The fraction of sp³-hybridized carbons (Fsp3) is 0.400. The number of thioether (sulfide) groups is 1. The van der Waals surface area contributed by atoms with Gasteiger partial charge < -0.3 is 5.32 Å². The van der Waals surface area contributed by atoms with Crippen LogP contribution in [0.1, 0.15) is 24.8 Å². The van der Waals surface area contributed by atoms with Gasteiger partial charge in [0.25, 0.3) is 0 Å². The van der Waals surface area contributed by atoms with E-state index in [9.17, 15) is 21.6 Å². The summed E-state index contributed by atoms with van der Waals surface area (Å²) in [6.45, 7) is 2.72. The van der Waals surface area contributed by atoms with E-state index in [-0.39, 0.29) is 21.5 Å². The Hall–Kier alpha value is -1.99. The van der Waals surface area contributed by atoms with E-state index in [0.717, 1.165) is 31.0 Å². The lowest BCUT2D eigenvalue weighted by atomic mass is 10.2. The number of rotatable bonds is 8. The van der Waals surface area contributed by atoms with E-state index < -0.39 is 20.0 Å². The molecule has 32 heavy (non-hydrogen) atoms. The normalized spacial score (nSPS) is 15.4. The minimum absolute atomic E-state index is 0.0349. The maximum atomic E-state index is 12.7. The van der Waals surface area contributed by atoms with Gasteiger partial charge in [0.15, 0.2) is 0 Å². The summed E-state index contributed by atoms with van der Waals surface area (Å²) in [7, 11) is -5.85. The number of sulfonamides is 2. The van der Waals surface area contributed by atoms with Gasteiger partial charge in [-0.05, 0) is 56.6 Å². The average Bonchev–Trinajstić information content (AvgIpc) is 2.79. The molecule has 1 saturated heterocycles. The van der Waals surface area contributed by atoms with Crippen LogP contribution < -0.4 is 10.0 Å². The van der Waals surface area contributed by atoms with Crippen molar-refractivity contribution < 1.29 is 21.6 Å². The number of carbonyl (C=O) groups excluding carboxylic acids is 1. The Balaban J connectivity index is 1.60. The summed E-state index contributed by atoms with van der Waals surface area (Å²) in [5, 5.41) is 3.19. The van der Waals surface area contributed by atoms with Crippen molar-refractivity contribution in [2.24, 2.45) is 0 Å². The molecule has 1 aromatic carbocycles. The topological polar surface area (TPSA) is 126 Å². The van der Waals surface area contributed by atoms with Crippen LogP contribution in [0.2, 0.25) is 0 Å². The molecule has 9 nitrogen and oxygen atoms in total. The van der Waals surface area contributed by atoms with Crippen molar-refractivity contribution in [3.05, 3.63) is 42.1 Å². The minimum Gasteiger partial charge on any atom is -0.325 e. The van der Waals surface area contributed by atoms with Crippen molar-refractivity contribution in [3.8, 4) is 0 Å². The number of carbonyl (C=O) groups is 1. The first-order valence-electron chi connectivity index (χ1n) is 10.1. The molecular formula is C20H26N4O5S3. The van der Waals surface area contributed by atoms with Gasteiger partial charge in [0.2, 0.25) is 26.0 Å². The zero-order valence-corrected chi connectivity index (χ0v) is 20.3. The standard InChI is InChI=1S/C20H26N4O5S3/c1-15-6-7-16(12-18(15)31(26,27)21-2)23-19(25)14-30-20-9-8-17(13-22-20)32(28,29)24-10-4-3-5-11-24/h6-9,12-13,21H,3-5,10-11,14H2,1-2H3,(H,23,25).